The van der Waals surface area contributed by atoms with Crippen LogP contribution in [0.5, 0.6) is 0 Å². The fourth-order valence-electron chi connectivity index (χ4n) is 2.73. The summed E-state index contributed by atoms with van der Waals surface area (Å²) >= 11 is 0. The van der Waals surface area contributed by atoms with Crippen molar-refractivity contribution in [3.8, 4) is 0 Å². The van der Waals surface area contributed by atoms with Gasteiger partial charge in [-0.3, -0.25) is 5.43 Å². The van der Waals surface area contributed by atoms with E-state index in [0.717, 1.165) is 28.2 Å². The van der Waals surface area contributed by atoms with Crippen LogP contribution >= 0.6 is 0 Å². The quantitative estimate of drug-likeness (QED) is 0.429. The number of aryl methyl sites for hydroxylation is 1. The Hall–Kier alpha value is -3.94. The lowest BCUT2D eigenvalue weighted by atomic mass is 10.2. The Morgan fingerprint density at radius 1 is 0.710 bits per heavy atom. The van der Waals surface area contributed by atoms with Crippen LogP contribution in [0, 0.1) is 6.92 Å². The Morgan fingerprint density at radius 2 is 1.19 bits per heavy atom. The van der Waals surface area contributed by atoms with Gasteiger partial charge in [-0.2, -0.15) is 15.2 Å². The molecule has 0 aliphatic rings. The van der Waals surface area contributed by atoms with Gasteiger partial charge in [-0.15, -0.1) is 0 Å². The maximum Gasteiger partial charge on any atom is 0.245 e. The van der Waals surface area contributed by atoms with E-state index < -0.39 is 0 Å². The van der Waals surface area contributed by atoms with Crippen molar-refractivity contribution in [2.75, 3.05) is 48.8 Å². The second-order valence-electron chi connectivity index (χ2n) is 7.43. The number of benzene rings is 2. The van der Waals surface area contributed by atoms with Crippen molar-refractivity contribution >= 4 is 35.6 Å². The summed E-state index contributed by atoms with van der Waals surface area (Å²) in [5.41, 5.74) is 10.9. The summed E-state index contributed by atoms with van der Waals surface area (Å²) < 4.78 is 0. The highest BCUT2D eigenvalue weighted by atomic mass is 15.4. The second-order valence-corrected chi connectivity index (χ2v) is 7.43. The third-order valence-electron chi connectivity index (χ3n) is 4.44. The first-order chi connectivity index (χ1) is 14.9. The molecule has 8 heteroatoms. The lowest BCUT2D eigenvalue weighted by Crippen LogP contribution is -2.08. The molecule has 0 unspecified atom stereocenters. The summed E-state index contributed by atoms with van der Waals surface area (Å²) in [6.45, 7) is 1.89. The molecule has 0 atom stereocenters. The molecule has 0 bridgehead atoms. The molecular formula is C23H28N8. The van der Waals surface area contributed by atoms with E-state index in [-0.39, 0.29) is 0 Å². The van der Waals surface area contributed by atoms with Crippen LogP contribution in [0.15, 0.2) is 64.8 Å². The first kappa shape index (κ1) is 21.8. The Bertz CT molecular complexity index is 956. The molecule has 3 rings (SSSR count). The highest BCUT2D eigenvalue weighted by Gasteiger charge is 2.01. The van der Waals surface area contributed by atoms with E-state index in [1.54, 1.807) is 12.4 Å². The summed E-state index contributed by atoms with van der Waals surface area (Å²) in [6.07, 6.45) is 3.48. The molecule has 31 heavy (non-hydrogen) atoms. The first-order valence-electron chi connectivity index (χ1n) is 9.89. The van der Waals surface area contributed by atoms with E-state index >= 15 is 0 Å². The summed E-state index contributed by atoms with van der Waals surface area (Å²) in [7, 11) is 8.05. The number of hydrazone groups is 2. The molecule has 0 spiro atoms. The third-order valence-corrected chi connectivity index (χ3v) is 4.44. The van der Waals surface area contributed by atoms with Crippen molar-refractivity contribution in [2.45, 2.75) is 6.92 Å². The van der Waals surface area contributed by atoms with Crippen molar-refractivity contribution in [3.05, 3.63) is 71.4 Å². The fraction of sp³-hybridized carbons (Fsp3) is 0.217. The minimum Gasteiger partial charge on any atom is -0.378 e. The molecule has 2 aromatic carbocycles. The van der Waals surface area contributed by atoms with Crippen LogP contribution < -0.4 is 20.7 Å². The van der Waals surface area contributed by atoms with Crippen molar-refractivity contribution in [1.82, 2.24) is 9.97 Å². The number of nitrogens with zero attached hydrogens (tertiary/aromatic N) is 6. The van der Waals surface area contributed by atoms with Gasteiger partial charge in [0, 0.05) is 51.3 Å². The van der Waals surface area contributed by atoms with E-state index in [9.17, 15) is 0 Å². The van der Waals surface area contributed by atoms with E-state index in [2.05, 4.69) is 40.8 Å². The first-order valence-corrected chi connectivity index (χ1v) is 9.89. The second kappa shape index (κ2) is 10.2. The van der Waals surface area contributed by atoms with Gasteiger partial charge in [0.25, 0.3) is 0 Å². The van der Waals surface area contributed by atoms with Crippen LogP contribution in [0.1, 0.15) is 16.8 Å². The zero-order chi connectivity index (χ0) is 22.2. The molecule has 0 saturated carbocycles. The van der Waals surface area contributed by atoms with Crippen molar-refractivity contribution in [2.24, 2.45) is 10.2 Å². The third kappa shape index (κ3) is 6.53. The van der Waals surface area contributed by atoms with E-state index in [0.29, 0.717) is 11.8 Å². The lowest BCUT2D eigenvalue weighted by Gasteiger charge is -2.11. The SMILES string of the molecule is Cc1cc(N/N=C/c2ccc(N(C)C)cc2)nc(N/N=C/c2ccc(N(C)C)cc2)n1. The van der Waals surface area contributed by atoms with E-state index in [1.165, 1.54) is 0 Å². The maximum absolute atomic E-state index is 4.40. The number of aromatic nitrogens is 2. The molecule has 0 saturated heterocycles. The Kier molecular flexibility index (Phi) is 7.16. The van der Waals surface area contributed by atoms with Gasteiger partial charge in [0.1, 0.15) is 0 Å². The number of hydrogen-bond donors (Lipinski definition) is 2. The minimum absolute atomic E-state index is 0.397. The molecule has 0 radical (unpaired) electrons. The smallest absolute Gasteiger partial charge is 0.245 e. The molecular weight excluding hydrogens is 388 g/mol. The Morgan fingerprint density at radius 3 is 1.68 bits per heavy atom. The molecule has 0 aliphatic heterocycles. The van der Waals surface area contributed by atoms with Crippen LogP contribution in [-0.2, 0) is 0 Å². The molecule has 8 nitrogen and oxygen atoms in total. The van der Waals surface area contributed by atoms with Gasteiger partial charge < -0.3 is 9.80 Å². The predicted octanol–water partition coefficient (Wildman–Crippen LogP) is 3.81. The zero-order valence-corrected chi connectivity index (χ0v) is 18.5. The summed E-state index contributed by atoms with van der Waals surface area (Å²) in [6, 6.07) is 18.0. The highest BCUT2D eigenvalue weighted by Crippen LogP contribution is 2.13. The lowest BCUT2D eigenvalue weighted by molar-refractivity contribution is 1.06. The number of anilines is 4. The highest BCUT2D eigenvalue weighted by molar-refractivity contribution is 5.81. The summed E-state index contributed by atoms with van der Waals surface area (Å²) in [5.74, 6) is 0.982. The Labute approximate surface area is 183 Å². The van der Waals surface area contributed by atoms with Crippen LogP contribution in [0.3, 0.4) is 0 Å². The van der Waals surface area contributed by atoms with Crippen molar-refractivity contribution < 1.29 is 0 Å². The summed E-state index contributed by atoms with van der Waals surface area (Å²) in [5, 5.41) is 8.50. The monoisotopic (exact) mass is 416 g/mol. The molecule has 1 heterocycles. The van der Waals surface area contributed by atoms with E-state index in [1.807, 2.05) is 89.7 Å². The standard InChI is InChI=1S/C23H28N8/c1-17-14-22(28-24-15-18-6-10-20(11-7-18)30(2)3)27-23(26-17)29-25-16-19-8-12-21(13-9-19)31(4)5/h6-16H,1-5H3,(H2,26,27,28,29)/b24-15+,25-16+. The van der Waals surface area contributed by atoms with Gasteiger partial charge in [0.2, 0.25) is 5.95 Å². The van der Waals surface area contributed by atoms with Crippen molar-refractivity contribution in [3.63, 3.8) is 0 Å². The van der Waals surface area contributed by atoms with Gasteiger partial charge >= 0.3 is 0 Å². The number of rotatable bonds is 8. The van der Waals surface area contributed by atoms with Crippen LogP contribution in [0.4, 0.5) is 23.1 Å². The topological polar surface area (TPSA) is 81.0 Å². The molecule has 3 aromatic rings. The average Bonchev–Trinajstić information content (AvgIpc) is 2.74. The number of hydrogen-bond acceptors (Lipinski definition) is 8. The molecule has 0 amide bonds. The Balaban J connectivity index is 1.60. The van der Waals surface area contributed by atoms with Crippen LogP contribution in [0.25, 0.3) is 0 Å². The van der Waals surface area contributed by atoms with Crippen LogP contribution in [-0.4, -0.2) is 50.6 Å². The van der Waals surface area contributed by atoms with Gasteiger partial charge in [-0.1, -0.05) is 24.3 Å². The molecule has 160 valence electrons. The van der Waals surface area contributed by atoms with Crippen molar-refractivity contribution in [1.29, 1.82) is 0 Å². The summed E-state index contributed by atoms with van der Waals surface area (Å²) in [4.78, 5) is 12.9. The van der Waals surface area contributed by atoms with Gasteiger partial charge in [0.05, 0.1) is 12.4 Å². The van der Waals surface area contributed by atoms with E-state index in [4.69, 9.17) is 0 Å². The zero-order valence-electron chi connectivity index (χ0n) is 18.5. The minimum atomic E-state index is 0.397. The van der Waals surface area contributed by atoms with Gasteiger partial charge in [0.15, 0.2) is 5.82 Å². The largest absolute Gasteiger partial charge is 0.378 e. The van der Waals surface area contributed by atoms with Gasteiger partial charge in [-0.05, 0) is 42.3 Å². The average molecular weight is 417 g/mol. The van der Waals surface area contributed by atoms with Gasteiger partial charge in [-0.25, -0.2) is 10.4 Å². The molecule has 1 aromatic heterocycles. The predicted molar refractivity (Wildman–Crippen MR) is 131 cm³/mol. The molecule has 0 fully saturated rings. The number of nitrogens with one attached hydrogen (secondary N) is 2. The normalized spacial score (nSPS) is 11.1. The van der Waals surface area contributed by atoms with Crippen LogP contribution in [0.2, 0.25) is 0 Å². The maximum atomic E-state index is 4.40. The fourth-order valence-corrected chi connectivity index (χ4v) is 2.73. The molecule has 0 aliphatic carbocycles. The molecule has 2 N–H and O–H groups in total.